The van der Waals surface area contributed by atoms with Gasteiger partial charge in [0.1, 0.15) is 5.82 Å². The number of aromatic amines is 1. The molecular formula is C21H21FN6S. The van der Waals surface area contributed by atoms with Gasteiger partial charge in [-0.15, -0.1) is 0 Å². The van der Waals surface area contributed by atoms with Gasteiger partial charge in [-0.05, 0) is 73.6 Å². The highest BCUT2D eigenvalue weighted by molar-refractivity contribution is 7.71. The van der Waals surface area contributed by atoms with E-state index in [9.17, 15) is 4.39 Å². The number of anilines is 1. The summed E-state index contributed by atoms with van der Waals surface area (Å²) in [4.78, 5) is 2.16. The Morgan fingerprint density at radius 1 is 1.31 bits per heavy atom. The molecule has 0 aliphatic rings. The summed E-state index contributed by atoms with van der Waals surface area (Å²) < 4.78 is 15.1. The van der Waals surface area contributed by atoms with Gasteiger partial charge in [0.05, 0.1) is 18.7 Å². The predicted octanol–water partition coefficient (Wildman–Crippen LogP) is 4.68. The van der Waals surface area contributed by atoms with E-state index in [0.717, 1.165) is 23.4 Å². The minimum Gasteiger partial charge on any atom is -0.371 e. The quantitative estimate of drug-likeness (QED) is 0.455. The molecular weight excluding hydrogens is 387 g/mol. The molecule has 3 aromatic rings. The van der Waals surface area contributed by atoms with Crippen molar-refractivity contribution in [3.05, 3.63) is 64.2 Å². The van der Waals surface area contributed by atoms with Crippen molar-refractivity contribution in [1.82, 2.24) is 14.9 Å². The number of nitrogens with zero attached hydrogens (tertiary/aromatic N) is 5. The maximum atomic E-state index is 13.2. The topological polar surface area (TPSA) is 73.0 Å². The highest BCUT2D eigenvalue weighted by atomic mass is 32.1. The molecule has 0 unspecified atom stereocenters. The van der Waals surface area contributed by atoms with Crippen molar-refractivity contribution >= 4 is 24.1 Å². The van der Waals surface area contributed by atoms with Gasteiger partial charge >= 0.3 is 0 Å². The number of hydrogen-bond acceptors (Lipinski definition) is 5. The van der Waals surface area contributed by atoms with Crippen LogP contribution in [0.3, 0.4) is 0 Å². The van der Waals surface area contributed by atoms with Gasteiger partial charge < -0.3 is 4.90 Å². The van der Waals surface area contributed by atoms with Crippen LogP contribution in [0.15, 0.2) is 47.6 Å². The largest absolute Gasteiger partial charge is 0.371 e. The third-order valence-corrected chi connectivity index (χ3v) is 4.82. The molecule has 29 heavy (non-hydrogen) atoms. The van der Waals surface area contributed by atoms with E-state index < -0.39 is 0 Å². The first-order valence-corrected chi connectivity index (χ1v) is 9.64. The molecule has 1 heterocycles. The van der Waals surface area contributed by atoms with E-state index in [4.69, 9.17) is 17.5 Å². The van der Waals surface area contributed by atoms with Crippen LogP contribution in [0.2, 0.25) is 0 Å². The lowest BCUT2D eigenvalue weighted by Gasteiger charge is -2.22. The van der Waals surface area contributed by atoms with E-state index in [1.165, 1.54) is 16.8 Å². The summed E-state index contributed by atoms with van der Waals surface area (Å²) in [5, 5.41) is 20.2. The van der Waals surface area contributed by atoms with Crippen LogP contribution in [0.1, 0.15) is 24.5 Å². The van der Waals surface area contributed by atoms with Crippen LogP contribution in [0.4, 0.5) is 10.1 Å². The summed E-state index contributed by atoms with van der Waals surface area (Å²) in [5.74, 6) is 0.193. The number of H-pyrrole nitrogens is 1. The summed E-state index contributed by atoms with van der Waals surface area (Å²) in [7, 11) is 0. The summed E-state index contributed by atoms with van der Waals surface area (Å²) in [6.45, 7) is 5.61. The molecule has 0 aliphatic heterocycles. The third kappa shape index (κ3) is 4.76. The molecule has 0 saturated carbocycles. The highest BCUT2D eigenvalue weighted by Crippen LogP contribution is 2.20. The van der Waals surface area contributed by atoms with Crippen molar-refractivity contribution in [2.45, 2.75) is 20.3 Å². The predicted molar refractivity (Wildman–Crippen MR) is 115 cm³/mol. The number of aryl methyl sites for hydroxylation is 1. The first-order chi connectivity index (χ1) is 14.0. The maximum absolute atomic E-state index is 13.2. The molecule has 2 aromatic carbocycles. The number of aromatic nitrogens is 3. The first kappa shape index (κ1) is 20.4. The molecule has 148 valence electrons. The van der Waals surface area contributed by atoms with E-state index in [-0.39, 0.29) is 5.82 Å². The number of rotatable bonds is 7. The summed E-state index contributed by atoms with van der Waals surface area (Å²) in [6.07, 6.45) is 2.21. The van der Waals surface area contributed by atoms with Gasteiger partial charge in [-0.3, -0.25) is 0 Å². The van der Waals surface area contributed by atoms with E-state index in [1.807, 2.05) is 19.1 Å². The van der Waals surface area contributed by atoms with Crippen molar-refractivity contribution in [2.24, 2.45) is 5.10 Å². The van der Waals surface area contributed by atoms with E-state index in [2.05, 4.69) is 39.3 Å². The number of halogens is 1. The van der Waals surface area contributed by atoms with Crippen molar-refractivity contribution in [1.29, 1.82) is 5.26 Å². The van der Waals surface area contributed by atoms with Crippen molar-refractivity contribution < 1.29 is 4.39 Å². The Balaban J connectivity index is 1.87. The van der Waals surface area contributed by atoms with Crippen molar-refractivity contribution in [2.75, 3.05) is 18.0 Å². The zero-order valence-electron chi connectivity index (χ0n) is 16.3. The number of nitriles is 1. The van der Waals surface area contributed by atoms with Crippen LogP contribution >= 0.6 is 12.2 Å². The van der Waals surface area contributed by atoms with Crippen LogP contribution in [-0.2, 0) is 0 Å². The third-order valence-electron chi connectivity index (χ3n) is 4.56. The lowest BCUT2D eigenvalue weighted by atomic mass is 10.1. The highest BCUT2D eigenvalue weighted by Gasteiger charge is 2.09. The Morgan fingerprint density at radius 3 is 2.72 bits per heavy atom. The van der Waals surface area contributed by atoms with Gasteiger partial charge in [0, 0.05) is 24.3 Å². The van der Waals surface area contributed by atoms with Crippen LogP contribution < -0.4 is 4.90 Å². The summed E-state index contributed by atoms with van der Waals surface area (Å²) in [6, 6.07) is 14.3. The monoisotopic (exact) mass is 408 g/mol. The van der Waals surface area contributed by atoms with Crippen molar-refractivity contribution in [3.63, 3.8) is 0 Å². The molecule has 3 rings (SSSR count). The van der Waals surface area contributed by atoms with Gasteiger partial charge in [-0.2, -0.15) is 20.1 Å². The SMILES string of the molecule is CCN(CCC#N)c1ccc(/C=N\n2c(-c3ccc(F)cc3)n[nH]c2=S)c(C)c1. The van der Waals surface area contributed by atoms with Crippen molar-refractivity contribution in [3.8, 4) is 17.5 Å². The average Bonchev–Trinajstić information content (AvgIpc) is 3.09. The lowest BCUT2D eigenvalue weighted by molar-refractivity contribution is 0.628. The molecule has 0 aliphatic carbocycles. The lowest BCUT2D eigenvalue weighted by Crippen LogP contribution is -2.23. The Kier molecular flexibility index (Phi) is 6.52. The molecule has 0 atom stereocenters. The van der Waals surface area contributed by atoms with Crippen LogP contribution in [0, 0.1) is 28.8 Å². The molecule has 6 nitrogen and oxygen atoms in total. The summed E-state index contributed by atoms with van der Waals surface area (Å²) in [5.41, 5.74) is 3.78. The Labute approximate surface area is 173 Å². The van der Waals surface area contributed by atoms with Gasteiger partial charge in [-0.1, -0.05) is 6.07 Å². The number of nitrogens with one attached hydrogen (secondary N) is 1. The molecule has 1 aromatic heterocycles. The number of benzene rings is 2. The second-order valence-electron chi connectivity index (χ2n) is 6.44. The molecule has 0 fully saturated rings. The Bertz CT molecular complexity index is 1110. The Morgan fingerprint density at radius 2 is 2.07 bits per heavy atom. The van der Waals surface area contributed by atoms with Crippen LogP contribution in [-0.4, -0.2) is 34.2 Å². The van der Waals surface area contributed by atoms with E-state index in [1.54, 1.807) is 18.3 Å². The average molecular weight is 409 g/mol. The fourth-order valence-electron chi connectivity index (χ4n) is 2.96. The minimum absolute atomic E-state index is 0.315. The molecule has 1 N–H and O–H groups in total. The zero-order chi connectivity index (χ0) is 20.8. The van der Waals surface area contributed by atoms with Crippen LogP contribution in [0.5, 0.6) is 0 Å². The fraction of sp³-hybridized carbons (Fsp3) is 0.238. The molecule has 0 saturated heterocycles. The normalized spacial score (nSPS) is 11.0. The van der Waals surface area contributed by atoms with Gasteiger partial charge in [0.2, 0.25) is 4.77 Å². The fourth-order valence-corrected chi connectivity index (χ4v) is 3.14. The Hall–Kier alpha value is -3.31. The van der Waals surface area contributed by atoms with Gasteiger partial charge in [-0.25, -0.2) is 9.49 Å². The molecule has 0 bridgehead atoms. The standard InChI is InChI=1S/C21H21FN6S/c1-3-27(12-4-11-23)19-10-7-17(15(2)13-19)14-24-28-20(25-26-21(28)29)16-5-8-18(22)9-6-16/h5-10,13-14H,3-4,12H2,1-2H3,(H,26,29)/b24-14-. The smallest absolute Gasteiger partial charge is 0.216 e. The molecule has 0 amide bonds. The molecule has 0 radical (unpaired) electrons. The second kappa shape index (κ2) is 9.26. The van der Waals surface area contributed by atoms with Gasteiger partial charge in [0.15, 0.2) is 5.82 Å². The van der Waals surface area contributed by atoms with Crippen LogP contribution in [0.25, 0.3) is 11.4 Å². The first-order valence-electron chi connectivity index (χ1n) is 9.23. The number of hydrogen-bond donors (Lipinski definition) is 1. The molecule has 8 heteroatoms. The van der Waals surface area contributed by atoms with E-state index in [0.29, 0.717) is 29.1 Å². The second-order valence-corrected chi connectivity index (χ2v) is 6.83. The van der Waals surface area contributed by atoms with Gasteiger partial charge in [0.25, 0.3) is 0 Å². The van der Waals surface area contributed by atoms with E-state index >= 15 is 0 Å². The molecule has 0 spiro atoms. The summed E-state index contributed by atoms with van der Waals surface area (Å²) >= 11 is 5.28. The zero-order valence-corrected chi connectivity index (χ0v) is 17.1. The maximum Gasteiger partial charge on any atom is 0.216 e. The minimum atomic E-state index is -0.315.